The first kappa shape index (κ1) is 29.3. The largest absolute Gasteiger partial charge is 0.483 e. The number of nitrogens with zero attached hydrogens (tertiary/aromatic N) is 5. The molecule has 1 amide bonds. The average Bonchev–Trinajstić information content (AvgIpc) is 3.40. The fourth-order valence-corrected chi connectivity index (χ4v) is 5.89. The molecule has 3 heterocycles. The standard InChI is InChI=1S/C29H25F3N6O5S/c1-14-6-16(25-19(7-14)37-24(40-2)13-33-25)26-38-18-8-17(30)21(9-23(18)44-26)42-22-10-29(31,32)5-4-20(22)43-28(39)36-15-11-34-27(41-3)35-12-15/h6-9,11-13,20,22H,4-5,10H2,1-3H3,(H,36,39). The van der Waals surface area contributed by atoms with Crippen molar-refractivity contribution in [3.05, 3.63) is 54.2 Å². The number of aryl methyl sites for hydroxylation is 1. The maximum atomic E-state index is 15.3. The smallest absolute Gasteiger partial charge is 0.412 e. The van der Waals surface area contributed by atoms with Crippen LogP contribution in [0.15, 0.2) is 42.9 Å². The van der Waals surface area contributed by atoms with Crippen LogP contribution in [0, 0.1) is 12.7 Å². The number of alkyl halides is 2. The molecule has 1 fully saturated rings. The van der Waals surface area contributed by atoms with Gasteiger partial charge in [0.15, 0.2) is 11.6 Å². The van der Waals surface area contributed by atoms with E-state index in [-0.39, 0.29) is 23.9 Å². The van der Waals surface area contributed by atoms with Gasteiger partial charge in [0.05, 0.1) is 66.2 Å². The van der Waals surface area contributed by atoms with E-state index in [1.54, 1.807) is 0 Å². The van der Waals surface area contributed by atoms with E-state index in [0.29, 0.717) is 37.7 Å². The molecule has 1 N–H and O–H groups in total. The number of methoxy groups -OCH3 is 2. The van der Waals surface area contributed by atoms with Gasteiger partial charge >= 0.3 is 12.1 Å². The first-order valence-electron chi connectivity index (χ1n) is 13.4. The third-order valence-corrected chi connectivity index (χ3v) is 8.00. The predicted octanol–water partition coefficient (Wildman–Crippen LogP) is 6.35. The van der Waals surface area contributed by atoms with Crippen LogP contribution in [0.1, 0.15) is 24.8 Å². The van der Waals surface area contributed by atoms with Crippen molar-refractivity contribution in [3.63, 3.8) is 0 Å². The molecule has 0 saturated heterocycles. The zero-order valence-electron chi connectivity index (χ0n) is 23.6. The number of halogens is 3. The molecule has 1 aliphatic carbocycles. The Hall–Kier alpha value is -4.79. The van der Waals surface area contributed by atoms with Gasteiger partial charge in [0, 0.05) is 24.1 Å². The van der Waals surface area contributed by atoms with E-state index in [1.165, 1.54) is 56.3 Å². The molecule has 2 aromatic carbocycles. The molecular weight excluding hydrogens is 601 g/mol. The Balaban J connectivity index is 1.25. The lowest BCUT2D eigenvalue weighted by Gasteiger charge is -2.35. The third-order valence-electron chi connectivity index (χ3n) is 6.95. The number of rotatable bonds is 7. The van der Waals surface area contributed by atoms with E-state index >= 15 is 4.39 Å². The molecule has 44 heavy (non-hydrogen) atoms. The van der Waals surface area contributed by atoms with Gasteiger partial charge in [0.2, 0.25) is 5.88 Å². The number of fused-ring (bicyclic) bond motifs is 2. The summed E-state index contributed by atoms with van der Waals surface area (Å²) in [6, 6.07) is 6.48. The van der Waals surface area contributed by atoms with Gasteiger partial charge in [0.1, 0.15) is 17.2 Å². The van der Waals surface area contributed by atoms with Gasteiger partial charge < -0.3 is 18.9 Å². The highest BCUT2D eigenvalue weighted by Gasteiger charge is 2.45. The summed E-state index contributed by atoms with van der Waals surface area (Å²) in [5.74, 6) is -3.77. The highest BCUT2D eigenvalue weighted by Crippen LogP contribution is 2.40. The van der Waals surface area contributed by atoms with Crippen molar-refractivity contribution in [3.8, 4) is 28.2 Å². The highest BCUT2D eigenvalue weighted by molar-refractivity contribution is 7.21. The van der Waals surface area contributed by atoms with Crippen LogP contribution in [0.4, 0.5) is 23.7 Å². The van der Waals surface area contributed by atoms with E-state index < -0.39 is 42.9 Å². The number of amides is 1. The molecule has 15 heteroatoms. The van der Waals surface area contributed by atoms with Crippen LogP contribution in [0.25, 0.3) is 31.8 Å². The Kier molecular flexibility index (Phi) is 7.80. The summed E-state index contributed by atoms with van der Waals surface area (Å²) in [6.07, 6.45) is -0.683. The number of carbonyl (C=O) groups excluding carboxylic acids is 1. The minimum atomic E-state index is -3.08. The minimum absolute atomic E-state index is 0.0977. The summed E-state index contributed by atoms with van der Waals surface area (Å²) in [5, 5.41) is 3.00. The van der Waals surface area contributed by atoms with Crippen molar-refractivity contribution in [1.82, 2.24) is 24.9 Å². The lowest BCUT2D eigenvalue weighted by molar-refractivity contribution is -0.114. The predicted molar refractivity (Wildman–Crippen MR) is 155 cm³/mol. The molecule has 1 saturated carbocycles. The lowest BCUT2D eigenvalue weighted by atomic mass is 9.91. The second-order valence-electron chi connectivity index (χ2n) is 10.1. The summed E-state index contributed by atoms with van der Waals surface area (Å²) < 4.78 is 66.1. The number of anilines is 1. The molecule has 0 spiro atoms. The Labute approximate surface area is 252 Å². The highest BCUT2D eigenvalue weighted by atomic mass is 32.1. The Morgan fingerprint density at radius 1 is 1.00 bits per heavy atom. The van der Waals surface area contributed by atoms with Gasteiger partial charge in [-0.05, 0) is 31.0 Å². The van der Waals surface area contributed by atoms with Crippen molar-refractivity contribution in [2.24, 2.45) is 0 Å². The topological polar surface area (TPSA) is 130 Å². The number of nitrogens with one attached hydrogen (secondary N) is 1. The fraction of sp³-hybridized carbons (Fsp3) is 0.310. The van der Waals surface area contributed by atoms with Crippen molar-refractivity contribution >= 4 is 44.4 Å². The van der Waals surface area contributed by atoms with Crippen LogP contribution in [0.3, 0.4) is 0 Å². The number of ether oxygens (including phenoxy) is 4. The van der Waals surface area contributed by atoms with Crippen molar-refractivity contribution in [2.45, 2.75) is 44.3 Å². The molecule has 6 rings (SSSR count). The second kappa shape index (κ2) is 11.7. The van der Waals surface area contributed by atoms with Crippen LogP contribution in [0.5, 0.6) is 17.6 Å². The van der Waals surface area contributed by atoms with E-state index in [0.717, 1.165) is 5.56 Å². The molecular formula is C29H25F3N6O5S. The SMILES string of the molecule is COc1cnc2c(-c3nc4cc(F)c(OC5CC(F)(F)CCC5OC(=O)Nc5cnc(OC)nc5)cc4s3)cc(C)cc2n1. The zero-order valence-corrected chi connectivity index (χ0v) is 24.5. The van der Waals surface area contributed by atoms with Gasteiger partial charge in [-0.3, -0.25) is 5.32 Å². The van der Waals surface area contributed by atoms with Crippen LogP contribution in [0.2, 0.25) is 0 Å². The maximum absolute atomic E-state index is 15.3. The molecule has 228 valence electrons. The lowest BCUT2D eigenvalue weighted by Crippen LogP contribution is -2.45. The van der Waals surface area contributed by atoms with Gasteiger partial charge in [-0.2, -0.15) is 0 Å². The van der Waals surface area contributed by atoms with Crippen molar-refractivity contribution in [2.75, 3.05) is 19.5 Å². The molecule has 3 aromatic heterocycles. The van der Waals surface area contributed by atoms with Crippen LogP contribution in [-0.4, -0.2) is 63.4 Å². The number of hydrogen-bond acceptors (Lipinski definition) is 11. The average molecular weight is 627 g/mol. The molecule has 0 aliphatic heterocycles. The zero-order chi connectivity index (χ0) is 31.0. The molecule has 0 radical (unpaired) electrons. The van der Waals surface area contributed by atoms with Crippen LogP contribution < -0.4 is 19.5 Å². The quantitative estimate of drug-likeness (QED) is 0.218. The molecule has 5 aromatic rings. The third kappa shape index (κ3) is 6.13. The molecule has 11 nitrogen and oxygen atoms in total. The molecule has 0 bridgehead atoms. The van der Waals surface area contributed by atoms with Crippen LogP contribution >= 0.6 is 11.3 Å². The number of carbonyl (C=O) groups is 1. The summed E-state index contributed by atoms with van der Waals surface area (Å²) in [6.45, 7) is 1.91. The van der Waals surface area contributed by atoms with E-state index in [1.807, 2.05) is 19.1 Å². The minimum Gasteiger partial charge on any atom is -0.483 e. The first-order valence-corrected chi connectivity index (χ1v) is 14.2. The monoisotopic (exact) mass is 626 g/mol. The second-order valence-corrected chi connectivity index (χ2v) is 11.2. The molecule has 2 unspecified atom stereocenters. The number of thiazole rings is 1. The normalized spacial score (nSPS) is 17.8. The Morgan fingerprint density at radius 3 is 2.55 bits per heavy atom. The molecule has 2 atom stereocenters. The van der Waals surface area contributed by atoms with Crippen LogP contribution in [-0.2, 0) is 4.74 Å². The first-order chi connectivity index (χ1) is 21.1. The van der Waals surface area contributed by atoms with E-state index in [4.69, 9.17) is 18.9 Å². The maximum Gasteiger partial charge on any atom is 0.412 e. The van der Waals surface area contributed by atoms with E-state index in [9.17, 15) is 13.6 Å². The van der Waals surface area contributed by atoms with Crippen molar-refractivity contribution in [1.29, 1.82) is 0 Å². The summed E-state index contributed by atoms with van der Waals surface area (Å²) in [4.78, 5) is 33.9. The number of benzene rings is 2. The van der Waals surface area contributed by atoms with Gasteiger partial charge in [-0.1, -0.05) is 0 Å². The van der Waals surface area contributed by atoms with Gasteiger partial charge in [-0.15, -0.1) is 11.3 Å². The summed E-state index contributed by atoms with van der Waals surface area (Å²) in [5.41, 5.74) is 3.38. The molecule has 1 aliphatic rings. The Morgan fingerprint density at radius 2 is 1.80 bits per heavy atom. The Bertz CT molecular complexity index is 1860. The van der Waals surface area contributed by atoms with Gasteiger partial charge in [-0.25, -0.2) is 42.9 Å². The summed E-state index contributed by atoms with van der Waals surface area (Å²) >= 11 is 1.26. The van der Waals surface area contributed by atoms with Crippen molar-refractivity contribution < 1.29 is 36.9 Å². The number of aromatic nitrogens is 5. The summed E-state index contributed by atoms with van der Waals surface area (Å²) in [7, 11) is 2.90. The van der Waals surface area contributed by atoms with E-state index in [2.05, 4.69) is 30.2 Å². The number of hydrogen-bond donors (Lipinski definition) is 1. The van der Waals surface area contributed by atoms with Gasteiger partial charge in [0.25, 0.3) is 5.92 Å². The fourth-order valence-electron chi connectivity index (χ4n) is 4.90.